The highest BCUT2D eigenvalue weighted by atomic mass is 32.1. The first-order chi connectivity index (χ1) is 8.20. The maximum absolute atomic E-state index is 5.63. The van der Waals surface area contributed by atoms with Crippen molar-refractivity contribution in [3.63, 3.8) is 0 Å². The van der Waals surface area contributed by atoms with Crippen molar-refractivity contribution in [1.82, 2.24) is 9.88 Å². The zero-order chi connectivity index (χ0) is 13.9. The fourth-order valence-corrected chi connectivity index (χ4v) is 2.73. The molecule has 0 aliphatic heterocycles. The van der Waals surface area contributed by atoms with Crippen molar-refractivity contribution in [1.29, 1.82) is 0 Å². The summed E-state index contributed by atoms with van der Waals surface area (Å²) in [5, 5.41) is 3.28. The van der Waals surface area contributed by atoms with Crippen LogP contribution in [0.3, 0.4) is 0 Å². The van der Waals surface area contributed by atoms with E-state index in [1.54, 1.807) is 11.3 Å². The smallest absolute Gasteiger partial charge is 0.107 e. The van der Waals surface area contributed by atoms with Crippen molar-refractivity contribution in [2.24, 2.45) is 5.73 Å². The highest BCUT2D eigenvalue weighted by Gasteiger charge is 2.19. The van der Waals surface area contributed by atoms with E-state index >= 15 is 0 Å². The van der Waals surface area contributed by atoms with E-state index in [-0.39, 0.29) is 5.41 Å². The quantitative estimate of drug-likeness (QED) is 0.845. The van der Waals surface area contributed by atoms with Gasteiger partial charge >= 0.3 is 0 Å². The van der Waals surface area contributed by atoms with Crippen molar-refractivity contribution in [2.45, 2.75) is 52.6 Å². The van der Waals surface area contributed by atoms with E-state index in [0.29, 0.717) is 17.6 Å². The number of hydrogen-bond donors (Lipinski definition) is 1. The van der Waals surface area contributed by atoms with Gasteiger partial charge in [0, 0.05) is 23.4 Å². The van der Waals surface area contributed by atoms with Crippen molar-refractivity contribution < 1.29 is 0 Å². The lowest BCUT2D eigenvalue weighted by molar-refractivity contribution is 0.244. The van der Waals surface area contributed by atoms with Crippen molar-refractivity contribution in [2.75, 3.05) is 6.54 Å². The molecule has 0 fully saturated rings. The molecule has 0 spiro atoms. The van der Waals surface area contributed by atoms with Gasteiger partial charge in [-0.3, -0.25) is 4.90 Å². The molecule has 2 N–H and O–H groups in total. The molecule has 0 amide bonds. The Kier molecular flexibility index (Phi) is 5.25. The van der Waals surface area contributed by atoms with Gasteiger partial charge in [0.05, 0.1) is 17.2 Å². The van der Waals surface area contributed by atoms with Crippen LogP contribution in [0.15, 0.2) is 5.38 Å². The summed E-state index contributed by atoms with van der Waals surface area (Å²) in [6, 6.07) is 0.411. The van der Waals surface area contributed by atoms with E-state index in [0.717, 1.165) is 17.2 Å². The van der Waals surface area contributed by atoms with Crippen LogP contribution in [-0.2, 0) is 12.0 Å². The normalized spacial score (nSPS) is 12.4. The number of thiocarbonyl (C=S) groups is 1. The third kappa shape index (κ3) is 4.63. The van der Waals surface area contributed by atoms with Crippen LogP contribution < -0.4 is 5.73 Å². The van der Waals surface area contributed by atoms with Crippen LogP contribution in [0, 0.1) is 0 Å². The van der Waals surface area contributed by atoms with E-state index in [9.17, 15) is 0 Å². The summed E-state index contributed by atoms with van der Waals surface area (Å²) in [4.78, 5) is 7.49. The minimum Gasteiger partial charge on any atom is -0.392 e. The van der Waals surface area contributed by atoms with E-state index < -0.39 is 0 Å². The first-order valence-electron chi connectivity index (χ1n) is 6.17. The Balaban J connectivity index is 2.76. The van der Waals surface area contributed by atoms with Crippen molar-refractivity contribution in [3.05, 3.63) is 16.1 Å². The summed E-state index contributed by atoms with van der Waals surface area (Å²) >= 11 is 6.70. The molecule has 102 valence electrons. The van der Waals surface area contributed by atoms with Gasteiger partial charge in [-0.2, -0.15) is 0 Å². The Morgan fingerprint density at radius 3 is 2.50 bits per heavy atom. The van der Waals surface area contributed by atoms with Gasteiger partial charge < -0.3 is 5.73 Å². The van der Waals surface area contributed by atoms with E-state index in [1.165, 1.54) is 0 Å². The molecule has 0 bridgehead atoms. The number of nitrogens with zero attached hydrogens (tertiary/aromatic N) is 2. The van der Waals surface area contributed by atoms with E-state index in [2.05, 4.69) is 44.9 Å². The summed E-state index contributed by atoms with van der Waals surface area (Å²) < 4.78 is 0. The van der Waals surface area contributed by atoms with E-state index in [1.807, 2.05) is 0 Å². The van der Waals surface area contributed by atoms with Crippen LogP contribution in [0.2, 0.25) is 0 Å². The van der Waals surface area contributed by atoms with Gasteiger partial charge in [-0.05, 0) is 13.8 Å². The summed E-state index contributed by atoms with van der Waals surface area (Å²) in [6.45, 7) is 12.3. The highest BCUT2D eigenvalue weighted by molar-refractivity contribution is 7.80. The van der Waals surface area contributed by atoms with Gasteiger partial charge in [0.2, 0.25) is 0 Å². The minimum absolute atomic E-state index is 0.112. The second-order valence-corrected chi connectivity index (χ2v) is 7.31. The Hall–Kier alpha value is -0.520. The Labute approximate surface area is 119 Å². The van der Waals surface area contributed by atoms with Gasteiger partial charge in [0.25, 0.3) is 0 Å². The molecule has 1 rings (SSSR count). The molecular formula is C13H23N3S2. The average Bonchev–Trinajstić information content (AvgIpc) is 2.63. The molecule has 1 aromatic heterocycles. The van der Waals surface area contributed by atoms with Crippen LogP contribution in [0.1, 0.15) is 45.3 Å². The molecule has 0 radical (unpaired) electrons. The monoisotopic (exact) mass is 285 g/mol. The van der Waals surface area contributed by atoms with Crippen LogP contribution in [0.4, 0.5) is 0 Å². The van der Waals surface area contributed by atoms with Gasteiger partial charge in [-0.1, -0.05) is 33.0 Å². The molecule has 18 heavy (non-hydrogen) atoms. The molecule has 0 aromatic carbocycles. The topological polar surface area (TPSA) is 42.1 Å². The Morgan fingerprint density at radius 1 is 1.50 bits per heavy atom. The molecule has 0 atom stereocenters. The lowest BCUT2D eigenvalue weighted by Gasteiger charge is -2.24. The molecule has 1 heterocycles. The number of thiazole rings is 1. The number of aromatic nitrogens is 1. The van der Waals surface area contributed by atoms with Crippen LogP contribution >= 0.6 is 23.6 Å². The molecule has 0 unspecified atom stereocenters. The maximum Gasteiger partial charge on any atom is 0.107 e. The van der Waals surface area contributed by atoms with E-state index in [4.69, 9.17) is 22.9 Å². The molecule has 0 aliphatic rings. The second kappa shape index (κ2) is 6.08. The fraction of sp³-hybridized carbons (Fsp3) is 0.692. The van der Waals surface area contributed by atoms with Gasteiger partial charge in [-0.15, -0.1) is 11.3 Å². The summed E-state index contributed by atoms with van der Waals surface area (Å²) in [7, 11) is 0. The Bertz CT molecular complexity index is 405. The lowest BCUT2D eigenvalue weighted by Crippen LogP contribution is -2.37. The Morgan fingerprint density at radius 2 is 2.11 bits per heavy atom. The zero-order valence-corrected chi connectivity index (χ0v) is 13.5. The summed E-state index contributed by atoms with van der Waals surface area (Å²) in [5.41, 5.74) is 6.90. The second-order valence-electron chi connectivity index (χ2n) is 5.84. The third-order valence-corrected chi connectivity index (χ3v) is 3.71. The predicted octanol–water partition coefficient (Wildman–Crippen LogP) is 2.94. The first-order valence-corrected chi connectivity index (χ1v) is 7.46. The maximum atomic E-state index is 5.63. The minimum atomic E-state index is 0.112. The molecule has 0 saturated heterocycles. The predicted molar refractivity (Wildman–Crippen MR) is 83.1 cm³/mol. The SMILES string of the molecule is CC(C)N(CC(N)=S)Cc1nc(C(C)(C)C)cs1. The average molecular weight is 285 g/mol. The lowest BCUT2D eigenvalue weighted by atomic mass is 9.93. The molecule has 3 nitrogen and oxygen atoms in total. The summed E-state index contributed by atoms with van der Waals surface area (Å²) in [6.07, 6.45) is 0. The van der Waals surface area contributed by atoms with Gasteiger partial charge in [0.15, 0.2) is 0 Å². The van der Waals surface area contributed by atoms with Crippen LogP contribution in [0.5, 0.6) is 0 Å². The van der Waals surface area contributed by atoms with Crippen molar-refractivity contribution in [3.8, 4) is 0 Å². The number of nitrogens with two attached hydrogens (primary N) is 1. The van der Waals surface area contributed by atoms with Gasteiger partial charge in [0.1, 0.15) is 5.01 Å². The molecule has 5 heteroatoms. The largest absolute Gasteiger partial charge is 0.392 e. The van der Waals surface area contributed by atoms with Crippen molar-refractivity contribution >= 4 is 28.5 Å². The molecule has 0 saturated carbocycles. The zero-order valence-electron chi connectivity index (χ0n) is 11.9. The highest BCUT2D eigenvalue weighted by Crippen LogP contribution is 2.24. The summed E-state index contributed by atoms with van der Waals surface area (Å²) in [5.74, 6) is 0. The number of hydrogen-bond acceptors (Lipinski definition) is 4. The fourth-order valence-electron chi connectivity index (χ4n) is 1.52. The number of rotatable bonds is 5. The molecular weight excluding hydrogens is 262 g/mol. The van der Waals surface area contributed by atoms with Crippen LogP contribution in [-0.4, -0.2) is 27.5 Å². The first kappa shape index (κ1) is 15.5. The standard InChI is InChI=1S/C13H23N3S2/c1-9(2)16(6-11(14)17)7-12-15-10(8-18-12)13(3,4)5/h8-9H,6-7H2,1-5H3,(H2,14,17). The van der Waals surface area contributed by atoms with Crippen LogP contribution in [0.25, 0.3) is 0 Å². The third-order valence-electron chi connectivity index (χ3n) is 2.75. The molecule has 1 aromatic rings. The molecule has 0 aliphatic carbocycles. The van der Waals surface area contributed by atoms with Gasteiger partial charge in [-0.25, -0.2) is 4.98 Å².